The third-order valence-corrected chi connectivity index (χ3v) is 10.9. The number of thioether (sulfide) groups is 1. The lowest BCUT2D eigenvalue weighted by atomic mass is 9.85. The van der Waals surface area contributed by atoms with Crippen molar-refractivity contribution in [2.24, 2.45) is 11.3 Å². The number of ether oxygens (including phenoxy) is 3. The summed E-state index contributed by atoms with van der Waals surface area (Å²) in [7, 11) is 0. The van der Waals surface area contributed by atoms with Crippen LogP contribution in [0.3, 0.4) is 0 Å². The van der Waals surface area contributed by atoms with E-state index in [-0.39, 0.29) is 49.1 Å². The van der Waals surface area contributed by atoms with Crippen LogP contribution in [-0.4, -0.2) is 100 Å². The van der Waals surface area contributed by atoms with E-state index in [1.165, 1.54) is 11.0 Å². The molecule has 3 heterocycles. The summed E-state index contributed by atoms with van der Waals surface area (Å²) in [5, 5.41) is 21.1. The number of carboxylic acids is 1. The lowest BCUT2D eigenvalue weighted by molar-refractivity contribution is -0.146. The molecule has 0 spiro atoms. The number of carbonyl (C=O) groups is 4. The van der Waals surface area contributed by atoms with Crippen LogP contribution in [0.15, 0.2) is 24.1 Å². The van der Waals surface area contributed by atoms with Gasteiger partial charge in [0.2, 0.25) is 11.8 Å². The number of alkyl carbamates (subject to hydrolysis) is 1. The lowest BCUT2D eigenvalue weighted by Gasteiger charge is -2.39. The molecule has 9 atom stereocenters. The van der Waals surface area contributed by atoms with Gasteiger partial charge in [0.1, 0.15) is 30.0 Å². The van der Waals surface area contributed by atoms with Gasteiger partial charge >= 0.3 is 12.1 Å². The van der Waals surface area contributed by atoms with Crippen LogP contribution in [0.25, 0.3) is 0 Å². The molecule has 4 N–H and O–H groups in total. The van der Waals surface area contributed by atoms with Crippen molar-refractivity contribution in [1.29, 1.82) is 0 Å². The molecule has 0 radical (unpaired) electrons. The highest BCUT2D eigenvalue weighted by Gasteiger charge is 2.61. The number of nitrogens with one attached hydrogen (secondary N) is 3. The van der Waals surface area contributed by atoms with Crippen molar-refractivity contribution in [1.82, 2.24) is 20.9 Å². The van der Waals surface area contributed by atoms with E-state index in [0.29, 0.717) is 13.0 Å². The maximum atomic E-state index is 14.3. The van der Waals surface area contributed by atoms with Gasteiger partial charge in [0.15, 0.2) is 0 Å². The smallest absolute Gasteiger partial charge is 0.408 e. The Morgan fingerprint density at radius 3 is 2.56 bits per heavy atom. The highest BCUT2D eigenvalue weighted by molar-refractivity contribution is 8.03. The number of hydrogen-bond acceptors (Lipinski definition) is 9. The normalized spacial score (nSPS) is 35.0. The Morgan fingerprint density at radius 1 is 1.20 bits per heavy atom. The van der Waals surface area contributed by atoms with Gasteiger partial charge in [-0.1, -0.05) is 32.9 Å². The fourth-order valence-electron chi connectivity index (χ4n) is 7.04. The number of likely N-dealkylation sites (tertiary alicyclic amines) is 1. The van der Waals surface area contributed by atoms with Crippen LogP contribution in [0.1, 0.15) is 72.6 Å². The van der Waals surface area contributed by atoms with Crippen molar-refractivity contribution < 1.29 is 38.5 Å². The second-order valence-corrected chi connectivity index (χ2v) is 15.0. The van der Waals surface area contributed by atoms with Gasteiger partial charge in [-0.05, 0) is 49.9 Å². The van der Waals surface area contributed by atoms with Crippen molar-refractivity contribution >= 4 is 35.6 Å². The molecule has 3 amide bonds. The first kappa shape index (κ1) is 33.7. The Kier molecular flexibility index (Phi) is 10.2. The number of fused-ring (bicyclic) bond motifs is 1. The zero-order chi connectivity index (χ0) is 32.5. The number of aliphatic carboxylic acids is 1. The third kappa shape index (κ3) is 7.36. The number of rotatable bonds is 11. The second-order valence-electron chi connectivity index (χ2n) is 13.9. The first-order valence-corrected chi connectivity index (χ1v) is 17.1. The number of nitrogens with zero attached hydrogens (tertiary/aromatic N) is 1. The Hall–Kier alpha value is -2.61. The Bertz CT molecular complexity index is 1190. The van der Waals surface area contributed by atoms with Gasteiger partial charge in [-0.3, -0.25) is 14.9 Å². The predicted molar refractivity (Wildman–Crippen MR) is 168 cm³/mol. The van der Waals surface area contributed by atoms with E-state index in [1.54, 1.807) is 11.8 Å². The zero-order valence-electron chi connectivity index (χ0n) is 26.7. The average Bonchev–Trinajstić information content (AvgIpc) is 3.41. The zero-order valence-corrected chi connectivity index (χ0v) is 27.5. The van der Waals surface area contributed by atoms with Crippen LogP contribution in [0.4, 0.5) is 4.79 Å². The van der Waals surface area contributed by atoms with Gasteiger partial charge in [-0.15, -0.1) is 18.3 Å². The molecule has 3 aliphatic heterocycles. The summed E-state index contributed by atoms with van der Waals surface area (Å²) in [5.74, 6) is -2.54. The molecule has 4 unspecified atom stereocenters. The number of hydrogen-bond donors (Lipinski definition) is 4. The summed E-state index contributed by atoms with van der Waals surface area (Å²) in [6.07, 6.45) is 6.52. The standard InChI is InChI=1S/C32H48N4O8S/c1-6-18-16-32(18,29(39)40)35-27(37)22-14-20(43-23-15-24(42-7-2)33-21-12-13-45-25(21)23)17-36(22)28(38)26(31(3,4)5)34-30(41)44-19-10-8-9-11-19/h6,12-13,18-26,33H,1,7-11,14-17H2,2-5H3,(H,34,41)(H,35,37)(H,39,40)/t18-,20-,21?,22+,23?,24?,25?,26-,32-/m1/s1. The quantitative estimate of drug-likeness (QED) is 0.246. The van der Waals surface area contributed by atoms with E-state index in [2.05, 4.69) is 34.0 Å². The Labute approximate surface area is 269 Å². The van der Waals surface area contributed by atoms with Crippen LogP contribution in [0.5, 0.6) is 0 Å². The van der Waals surface area contributed by atoms with E-state index in [1.807, 2.05) is 27.7 Å². The molecular formula is C32H48N4O8S. The van der Waals surface area contributed by atoms with E-state index in [9.17, 15) is 24.3 Å². The van der Waals surface area contributed by atoms with Gasteiger partial charge in [0.25, 0.3) is 0 Å². The molecule has 2 aliphatic carbocycles. The minimum absolute atomic E-state index is 0.0741. The molecule has 0 bridgehead atoms. The fraction of sp³-hybridized carbons (Fsp3) is 0.750. The summed E-state index contributed by atoms with van der Waals surface area (Å²) in [4.78, 5) is 54.7. The highest BCUT2D eigenvalue weighted by Crippen LogP contribution is 2.45. The molecular weight excluding hydrogens is 600 g/mol. The monoisotopic (exact) mass is 648 g/mol. The molecule has 12 nitrogen and oxygen atoms in total. The van der Waals surface area contributed by atoms with Crippen molar-refractivity contribution in [3.63, 3.8) is 0 Å². The molecule has 13 heteroatoms. The van der Waals surface area contributed by atoms with Crippen LogP contribution in [-0.2, 0) is 28.6 Å². The number of carboxylic acid groups (broad SMARTS) is 1. The Balaban J connectivity index is 1.36. The van der Waals surface area contributed by atoms with Crippen LogP contribution < -0.4 is 16.0 Å². The van der Waals surface area contributed by atoms with Gasteiger partial charge < -0.3 is 34.9 Å². The van der Waals surface area contributed by atoms with E-state index >= 15 is 0 Å². The van der Waals surface area contributed by atoms with Crippen molar-refractivity contribution in [2.45, 2.75) is 126 Å². The van der Waals surface area contributed by atoms with Gasteiger partial charge in [-0.2, -0.15) is 0 Å². The first-order valence-electron chi connectivity index (χ1n) is 16.2. The molecule has 5 aliphatic rings. The molecule has 45 heavy (non-hydrogen) atoms. The van der Waals surface area contributed by atoms with Crippen molar-refractivity contribution in [2.75, 3.05) is 13.2 Å². The molecule has 2 saturated carbocycles. The largest absolute Gasteiger partial charge is 0.479 e. The summed E-state index contributed by atoms with van der Waals surface area (Å²) in [6, 6.07) is -1.90. The fourth-order valence-corrected chi connectivity index (χ4v) is 8.17. The van der Waals surface area contributed by atoms with Gasteiger partial charge in [0, 0.05) is 38.0 Å². The molecule has 0 aromatic rings. The maximum Gasteiger partial charge on any atom is 0.408 e. The number of amides is 3. The summed E-state index contributed by atoms with van der Waals surface area (Å²) >= 11 is 1.68. The highest BCUT2D eigenvalue weighted by atomic mass is 32.2. The van der Waals surface area contributed by atoms with Gasteiger partial charge in [0.05, 0.1) is 17.5 Å². The van der Waals surface area contributed by atoms with E-state index in [0.717, 1.165) is 25.7 Å². The van der Waals surface area contributed by atoms with Crippen LogP contribution in [0.2, 0.25) is 0 Å². The molecule has 0 aromatic carbocycles. The lowest BCUT2D eigenvalue weighted by Crippen LogP contribution is -2.59. The van der Waals surface area contributed by atoms with E-state index < -0.39 is 58.9 Å². The molecule has 250 valence electrons. The maximum absolute atomic E-state index is 14.3. The Morgan fingerprint density at radius 2 is 1.93 bits per heavy atom. The predicted octanol–water partition coefficient (Wildman–Crippen LogP) is 2.92. The molecule has 0 aromatic heterocycles. The SMILES string of the molecule is C=C[C@@H]1C[C@]1(NC(=O)[C@@H]1C[C@@H](OC2CC(OCC)NC3C=CSC32)CN1C(=O)[C@@H](NC(=O)OC1CCCC1)C(C)(C)C)C(=O)O. The summed E-state index contributed by atoms with van der Waals surface area (Å²) in [6.45, 7) is 11.9. The first-order chi connectivity index (χ1) is 21.4. The van der Waals surface area contributed by atoms with Crippen LogP contribution in [0, 0.1) is 11.3 Å². The molecule has 5 rings (SSSR count). The minimum Gasteiger partial charge on any atom is -0.479 e. The topological polar surface area (TPSA) is 156 Å². The summed E-state index contributed by atoms with van der Waals surface area (Å²) < 4.78 is 18.2. The molecule has 2 saturated heterocycles. The van der Waals surface area contributed by atoms with E-state index in [4.69, 9.17) is 14.2 Å². The summed E-state index contributed by atoms with van der Waals surface area (Å²) in [5.41, 5.74) is -2.16. The minimum atomic E-state index is -1.45. The van der Waals surface area contributed by atoms with Crippen molar-refractivity contribution in [3.8, 4) is 0 Å². The molecule has 4 fully saturated rings. The van der Waals surface area contributed by atoms with Crippen LogP contribution >= 0.6 is 11.8 Å². The number of carbonyl (C=O) groups excluding carboxylic acids is 3. The second kappa shape index (κ2) is 13.6. The van der Waals surface area contributed by atoms with Crippen molar-refractivity contribution in [3.05, 3.63) is 24.1 Å². The third-order valence-electron chi connectivity index (χ3n) is 9.63. The number of piperidine rings is 1. The van der Waals surface area contributed by atoms with Gasteiger partial charge in [-0.25, -0.2) is 9.59 Å². The average molecular weight is 649 g/mol.